The first-order valence-electron chi connectivity index (χ1n) is 6.94. The molecule has 0 aliphatic carbocycles. The van der Waals surface area contributed by atoms with Gasteiger partial charge in [0, 0.05) is 18.9 Å². The fourth-order valence-electron chi connectivity index (χ4n) is 2.11. The van der Waals surface area contributed by atoms with Crippen LogP contribution in [0.5, 0.6) is 5.75 Å². The molecule has 1 fully saturated rings. The standard InChI is InChI=1S/C15H22N2O3.ClH/c1-11(2)20-13-5-3-12(4-6-13)17-14(18)15(16)7-9-19-10-8-15;/h3-6,11H,7-10,16H2,1-2H3,(H,17,18);1H. The van der Waals surface area contributed by atoms with Crippen LogP contribution in [-0.4, -0.2) is 30.8 Å². The Kier molecular flexibility index (Phi) is 6.45. The molecular weight excluding hydrogens is 292 g/mol. The number of benzene rings is 1. The lowest BCUT2D eigenvalue weighted by molar-refractivity contribution is -0.124. The van der Waals surface area contributed by atoms with Crippen LogP contribution in [0.15, 0.2) is 24.3 Å². The maximum Gasteiger partial charge on any atom is 0.244 e. The number of carbonyl (C=O) groups excluding carboxylic acids is 1. The van der Waals surface area contributed by atoms with Gasteiger partial charge < -0.3 is 20.5 Å². The van der Waals surface area contributed by atoms with Crippen LogP contribution in [0.1, 0.15) is 26.7 Å². The zero-order valence-corrected chi connectivity index (χ0v) is 13.2. The molecule has 0 radical (unpaired) electrons. The van der Waals surface area contributed by atoms with Gasteiger partial charge in [-0.2, -0.15) is 0 Å². The van der Waals surface area contributed by atoms with Crippen LogP contribution in [0.4, 0.5) is 5.69 Å². The number of hydrogen-bond donors (Lipinski definition) is 2. The number of nitrogens with two attached hydrogens (primary N) is 1. The van der Waals surface area contributed by atoms with E-state index in [1.54, 1.807) is 0 Å². The summed E-state index contributed by atoms with van der Waals surface area (Å²) in [6.45, 7) is 5.01. The largest absolute Gasteiger partial charge is 0.491 e. The second-order valence-corrected chi connectivity index (χ2v) is 5.41. The summed E-state index contributed by atoms with van der Waals surface area (Å²) < 4.78 is 10.8. The van der Waals surface area contributed by atoms with Gasteiger partial charge in [-0.3, -0.25) is 4.79 Å². The van der Waals surface area contributed by atoms with Crippen molar-refractivity contribution in [3.05, 3.63) is 24.3 Å². The molecule has 6 heteroatoms. The van der Waals surface area contributed by atoms with Crippen LogP contribution in [0, 0.1) is 0 Å². The van der Waals surface area contributed by atoms with Crippen LogP contribution < -0.4 is 15.8 Å². The molecule has 0 saturated carbocycles. The number of carbonyl (C=O) groups is 1. The minimum Gasteiger partial charge on any atom is -0.491 e. The van der Waals surface area contributed by atoms with Crippen molar-refractivity contribution in [3.8, 4) is 5.75 Å². The van der Waals surface area contributed by atoms with Gasteiger partial charge in [0.05, 0.1) is 6.10 Å². The van der Waals surface area contributed by atoms with E-state index in [4.69, 9.17) is 15.2 Å². The van der Waals surface area contributed by atoms with E-state index in [-0.39, 0.29) is 24.4 Å². The monoisotopic (exact) mass is 314 g/mol. The zero-order chi connectivity index (χ0) is 14.6. The van der Waals surface area contributed by atoms with Gasteiger partial charge in [-0.05, 0) is 51.0 Å². The zero-order valence-electron chi connectivity index (χ0n) is 12.4. The maximum absolute atomic E-state index is 12.2. The van der Waals surface area contributed by atoms with Gasteiger partial charge in [-0.1, -0.05) is 0 Å². The second-order valence-electron chi connectivity index (χ2n) is 5.41. The molecule has 0 spiro atoms. The molecule has 21 heavy (non-hydrogen) atoms. The number of halogens is 1. The van der Waals surface area contributed by atoms with Crippen LogP contribution in [0.25, 0.3) is 0 Å². The van der Waals surface area contributed by atoms with Crippen LogP contribution in [-0.2, 0) is 9.53 Å². The Bertz CT molecular complexity index is 456. The van der Waals surface area contributed by atoms with Gasteiger partial charge in [-0.25, -0.2) is 0 Å². The lowest BCUT2D eigenvalue weighted by atomic mass is 9.90. The molecule has 0 atom stereocenters. The Morgan fingerprint density at radius 2 is 1.86 bits per heavy atom. The molecule has 3 N–H and O–H groups in total. The predicted molar refractivity (Wildman–Crippen MR) is 85.1 cm³/mol. The van der Waals surface area contributed by atoms with Crippen LogP contribution >= 0.6 is 12.4 Å². The predicted octanol–water partition coefficient (Wildman–Crippen LogP) is 2.34. The summed E-state index contributed by atoms with van der Waals surface area (Å²) in [5.74, 6) is 0.629. The summed E-state index contributed by atoms with van der Waals surface area (Å²) in [7, 11) is 0. The quantitative estimate of drug-likeness (QED) is 0.894. The van der Waals surface area contributed by atoms with Crippen molar-refractivity contribution in [1.82, 2.24) is 0 Å². The molecule has 0 aromatic heterocycles. The third kappa shape index (κ3) is 4.88. The molecule has 1 aromatic carbocycles. The Hall–Kier alpha value is -1.30. The highest BCUT2D eigenvalue weighted by atomic mass is 35.5. The number of amides is 1. The van der Waals surface area contributed by atoms with E-state index >= 15 is 0 Å². The Labute approximate surface area is 131 Å². The van der Waals surface area contributed by atoms with Crippen molar-refractivity contribution in [3.63, 3.8) is 0 Å². The number of nitrogens with one attached hydrogen (secondary N) is 1. The summed E-state index contributed by atoms with van der Waals surface area (Å²) in [4.78, 5) is 12.2. The van der Waals surface area contributed by atoms with Crippen molar-refractivity contribution < 1.29 is 14.3 Å². The first-order chi connectivity index (χ1) is 9.49. The summed E-state index contributed by atoms with van der Waals surface area (Å²) in [5.41, 5.74) is 6.03. The smallest absolute Gasteiger partial charge is 0.244 e. The van der Waals surface area contributed by atoms with Gasteiger partial charge in [0.15, 0.2) is 0 Å². The summed E-state index contributed by atoms with van der Waals surface area (Å²) in [6.07, 6.45) is 1.23. The van der Waals surface area contributed by atoms with Crippen molar-refractivity contribution in [2.45, 2.75) is 38.3 Å². The topological polar surface area (TPSA) is 73.6 Å². The molecular formula is C15H23ClN2O3. The van der Waals surface area contributed by atoms with Gasteiger partial charge in [0.25, 0.3) is 0 Å². The van der Waals surface area contributed by atoms with Gasteiger partial charge >= 0.3 is 0 Å². The molecule has 5 nitrogen and oxygen atoms in total. The van der Waals surface area contributed by atoms with Crippen molar-refractivity contribution in [2.24, 2.45) is 5.73 Å². The number of anilines is 1. The summed E-state index contributed by atoms with van der Waals surface area (Å²) in [5, 5.41) is 2.86. The molecule has 0 unspecified atom stereocenters. The molecule has 1 aromatic rings. The molecule has 0 bridgehead atoms. The Balaban J connectivity index is 0.00000220. The minimum atomic E-state index is -0.828. The van der Waals surface area contributed by atoms with E-state index in [0.29, 0.717) is 26.1 Å². The highest BCUT2D eigenvalue weighted by molar-refractivity contribution is 5.98. The average molecular weight is 315 g/mol. The summed E-state index contributed by atoms with van der Waals surface area (Å²) in [6, 6.07) is 7.31. The molecule has 1 amide bonds. The van der Waals surface area contributed by atoms with E-state index in [1.165, 1.54) is 0 Å². The van der Waals surface area contributed by atoms with Gasteiger partial charge in [0.1, 0.15) is 11.3 Å². The highest BCUT2D eigenvalue weighted by Gasteiger charge is 2.35. The number of ether oxygens (including phenoxy) is 2. The molecule has 118 valence electrons. The van der Waals surface area contributed by atoms with Gasteiger partial charge in [-0.15, -0.1) is 12.4 Å². The fraction of sp³-hybridized carbons (Fsp3) is 0.533. The third-order valence-electron chi connectivity index (χ3n) is 3.32. The van der Waals surface area contributed by atoms with Crippen LogP contribution in [0.2, 0.25) is 0 Å². The molecule has 1 saturated heterocycles. The second kappa shape index (κ2) is 7.64. The van der Waals surface area contributed by atoms with E-state index in [9.17, 15) is 4.79 Å². The van der Waals surface area contributed by atoms with E-state index < -0.39 is 5.54 Å². The first kappa shape index (κ1) is 17.8. The van der Waals surface area contributed by atoms with Crippen LogP contribution in [0.3, 0.4) is 0 Å². The fourth-order valence-corrected chi connectivity index (χ4v) is 2.11. The SMILES string of the molecule is CC(C)Oc1ccc(NC(=O)C2(N)CCOCC2)cc1.Cl. The van der Waals surface area contributed by atoms with Crippen molar-refractivity contribution >= 4 is 24.0 Å². The highest BCUT2D eigenvalue weighted by Crippen LogP contribution is 2.22. The first-order valence-corrected chi connectivity index (χ1v) is 6.94. The lowest BCUT2D eigenvalue weighted by Crippen LogP contribution is -2.54. The van der Waals surface area contributed by atoms with Gasteiger partial charge in [0.2, 0.25) is 5.91 Å². The number of hydrogen-bond acceptors (Lipinski definition) is 4. The number of rotatable bonds is 4. The Morgan fingerprint density at radius 3 is 2.38 bits per heavy atom. The van der Waals surface area contributed by atoms with E-state index in [0.717, 1.165) is 11.4 Å². The normalized spacial score (nSPS) is 17.0. The lowest BCUT2D eigenvalue weighted by Gasteiger charge is -2.31. The average Bonchev–Trinajstić information content (AvgIpc) is 2.41. The molecule has 2 rings (SSSR count). The minimum absolute atomic E-state index is 0. The molecule has 1 aliphatic heterocycles. The third-order valence-corrected chi connectivity index (χ3v) is 3.32. The summed E-state index contributed by atoms with van der Waals surface area (Å²) >= 11 is 0. The Morgan fingerprint density at radius 1 is 1.29 bits per heavy atom. The van der Waals surface area contributed by atoms with Crippen molar-refractivity contribution in [1.29, 1.82) is 0 Å². The van der Waals surface area contributed by atoms with E-state index in [1.807, 2.05) is 38.1 Å². The van der Waals surface area contributed by atoms with Crippen molar-refractivity contribution in [2.75, 3.05) is 18.5 Å². The molecule has 1 heterocycles. The molecule has 1 aliphatic rings. The van der Waals surface area contributed by atoms with E-state index in [2.05, 4.69) is 5.32 Å². The maximum atomic E-state index is 12.2.